The summed E-state index contributed by atoms with van der Waals surface area (Å²) in [6.45, 7) is 4.75. The number of H-pyrrole nitrogens is 1. The molecular weight excluding hydrogens is 502 g/mol. The van der Waals surface area contributed by atoms with Crippen LogP contribution in [-0.4, -0.2) is 53.9 Å². The van der Waals surface area contributed by atoms with Gasteiger partial charge < -0.3 is 25.1 Å². The van der Waals surface area contributed by atoms with Crippen molar-refractivity contribution in [1.29, 1.82) is 0 Å². The summed E-state index contributed by atoms with van der Waals surface area (Å²) in [5, 5.41) is 16.5. The molecule has 0 spiro atoms. The lowest BCUT2D eigenvalue weighted by Gasteiger charge is -2.14. The minimum atomic E-state index is -0.833. The Labute approximate surface area is 231 Å². The Balaban J connectivity index is 0.000000680. The number of aliphatic imine (C=N–C) groups is 2. The first-order valence-corrected chi connectivity index (χ1v) is 13.6. The van der Waals surface area contributed by atoms with Gasteiger partial charge in [-0.15, -0.1) is 0 Å². The van der Waals surface area contributed by atoms with Crippen molar-refractivity contribution >= 4 is 39.5 Å². The highest BCUT2D eigenvalue weighted by atomic mass is 16.4. The molecule has 0 saturated heterocycles. The van der Waals surface area contributed by atoms with E-state index >= 15 is 0 Å². The van der Waals surface area contributed by atoms with Gasteiger partial charge in [-0.05, 0) is 53.8 Å². The molecule has 0 amide bonds. The van der Waals surface area contributed by atoms with Crippen molar-refractivity contribution in [2.75, 3.05) is 26.2 Å². The van der Waals surface area contributed by atoms with E-state index in [1.165, 1.54) is 5.39 Å². The molecule has 0 bridgehead atoms. The fraction of sp³-hybridized carbons (Fsp3) is 0.219. The van der Waals surface area contributed by atoms with Gasteiger partial charge >= 0.3 is 0 Å². The fourth-order valence-electron chi connectivity index (χ4n) is 5.02. The number of hydrogen-bond acceptors (Lipinski definition) is 6. The minimum absolute atomic E-state index is 0.811. The van der Waals surface area contributed by atoms with Crippen molar-refractivity contribution in [3.63, 3.8) is 0 Å². The number of hydrogen-bond donors (Lipinski definition) is 4. The third kappa shape index (κ3) is 5.47. The summed E-state index contributed by atoms with van der Waals surface area (Å²) in [5.74, 6) is 1.83. The van der Waals surface area contributed by atoms with Gasteiger partial charge in [-0.3, -0.25) is 14.8 Å². The largest absolute Gasteiger partial charge is 0.481 e. The summed E-state index contributed by atoms with van der Waals surface area (Å²) in [5.41, 5.74) is 7.70. The van der Waals surface area contributed by atoms with E-state index in [2.05, 4.69) is 98.4 Å². The van der Waals surface area contributed by atoms with Crippen molar-refractivity contribution in [2.45, 2.75) is 19.8 Å². The van der Waals surface area contributed by atoms with Crippen LogP contribution in [0.4, 0.5) is 0 Å². The predicted molar refractivity (Wildman–Crippen MR) is 160 cm³/mol. The summed E-state index contributed by atoms with van der Waals surface area (Å²) in [6, 6.07) is 25.9. The SMILES string of the molecule is CC(=O)O.c1cc2cc(-c3ccc(-c4ccc5cc(C6=NCCCN6)oc5c4)cc3)[nH]c2cc1C1=NCCCN1. The zero-order valence-electron chi connectivity index (χ0n) is 22.3. The molecule has 0 aliphatic carbocycles. The van der Waals surface area contributed by atoms with Crippen LogP contribution < -0.4 is 10.6 Å². The van der Waals surface area contributed by atoms with Crippen molar-refractivity contribution in [1.82, 2.24) is 15.6 Å². The van der Waals surface area contributed by atoms with E-state index in [0.717, 1.165) is 108 Å². The lowest BCUT2D eigenvalue weighted by molar-refractivity contribution is -0.134. The zero-order chi connectivity index (χ0) is 27.5. The standard InChI is InChI=1S/C30H27N5O.C2H4O2/c1-11-31-29(32-12-1)24-10-8-22-15-25(35-26(22)16-24)20-5-3-19(4-6-20)21-7-9-23-18-28(36-27(23)17-21)30-33-13-2-14-34-30;1-2(3)4/h3-10,15-18,35H,1-2,11-14H2,(H,31,32)(H,33,34);1H3,(H,3,4). The van der Waals surface area contributed by atoms with Crippen LogP contribution in [0.25, 0.3) is 44.3 Å². The number of nitrogens with one attached hydrogen (secondary N) is 3. The van der Waals surface area contributed by atoms with Gasteiger partial charge in [-0.2, -0.15) is 0 Å². The zero-order valence-corrected chi connectivity index (χ0v) is 22.3. The van der Waals surface area contributed by atoms with Gasteiger partial charge in [-0.25, -0.2) is 0 Å². The van der Waals surface area contributed by atoms with Crippen LogP contribution in [0.15, 0.2) is 87.2 Å². The average molecular weight is 534 g/mol. The van der Waals surface area contributed by atoms with E-state index in [9.17, 15) is 0 Å². The van der Waals surface area contributed by atoms with Crippen LogP contribution in [0, 0.1) is 0 Å². The predicted octanol–water partition coefficient (Wildman–Crippen LogP) is 5.82. The third-order valence-corrected chi connectivity index (χ3v) is 6.97. The lowest BCUT2D eigenvalue weighted by atomic mass is 10.0. The normalized spacial score (nSPS) is 14.9. The highest BCUT2D eigenvalue weighted by molar-refractivity contribution is 6.02. The Bertz CT molecular complexity index is 1690. The molecule has 5 aromatic rings. The second-order valence-electron chi connectivity index (χ2n) is 9.97. The van der Waals surface area contributed by atoms with Gasteiger partial charge in [-0.1, -0.05) is 48.5 Å². The van der Waals surface area contributed by atoms with E-state index in [4.69, 9.17) is 14.3 Å². The summed E-state index contributed by atoms with van der Waals surface area (Å²) in [7, 11) is 0. The first kappa shape index (κ1) is 25.4. The highest BCUT2D eigenvalue weighted by Crippen LogP contribution is 2.30. The molecule has 2 aromatic heterocycles. The molecule has 2 aliphatic heterocycles. The molecule has 3 aromatic carbocycles. The van der Waals surface area contributed by atoms with E-state index in [-0.39, 0.29) is 0 Å². The summed E-state index contributed by atoms with van der Waals surface area (Å²) in [4.78, 5) is 21.8. The molecule has 4 heterocycles. The molecule has 0 saturated carbocycles. The number of nitrogens with zero attached hydrogens (tertiary/aromatic N) is 2. The van der Waals surface area contributed by atoms with Gasteiger partial charge in [0.15, 0.2) is 11.6 Å². The third-order valence-electron chi connectivity index (χ3n) is 6.97. The number of amidine groups is 2. The minimum Gasteiger partial charge on any atom is -0.481 e. The number of fused-ring (bicyclic) bond motifs is 2. The maximum Gasteiger partial charge on any atom is 0.300 e. The first-order chi connectivity index (χ1) is 19.5. The summed E-state index contributed by atoms with van der Waals surface area (Å²) < 4.78 is 6.14. The molecule has 0 fully saturated rings. The molecule has 7 rings (SSSR count). The van der Waals surface area contributed by atoms with E-state index in [1.807, 2.05) is 0 Å². The maximum atomic E-state index is 9.00. The quantitative estimate of drug-likeness (QED) is 0.232. The van der Waals surface area contributed by atoms with Crippen LogP contribution in [0.2, 0.25) is 0 Å². The van der Waals surface area contributed by atoms with Crippen LogP contribution in [0.3, 0.4) is 0 Å². The van der Waals surface area contributed by atoms with Gasteiger partial charge in [0.2, 0.25) is 0 Å². The monoisotopic (exact) mass is 533 g/mol. The summed E-state index contributed by atoms with van der Waals surface area (Å²) in [6.07, 6.45) is 2.16. The van der Waals surface area contributed by atoms with Crippen LogP contribution in [0.5, 0.6) is 0 Å². The van der Waals surface area contributed by atoms with Crippen LogP contribution in [0.1, 0.15) is 31.1 Å². The number of benzene rings is 3. The smallest absolute Gasteiger partial charge is 0.300 e. The molecule has 8 nitrogen and oxygen atoms in total. The van der Waals surface area contributed by atoms with E-state index < -0.39 is 5.97 Å². The number of rotatable bonds is 4. The van der Waals surface area contributed by atoms with Gasteiger partial charge in [0, 0.05) is 60.6 Å². The van der Waals surface area contributed by atoms with Crippen LogP contribution >= 0.6 is 0 Å². The molecule has 8 heteroatoms. The van der Waals surface area contributed by atoms with Crippen molar-refractivity contribution < 1.29 is 14.3 Å². The Hall–Kier alpha value is -4.85. The van der Waals surface area contributed by atoms with Gasteiger partial charge in [0.25, 0.3) is 5.97 Å². The number of carboxylic acids is 1. The topological polar surface area (TPSA) is 115 Å². The van der Waals surface area contributed by atoms with Gasteiger partial charge in [0.05, 0.1) is 0 Å². The number of carbonyl (C=O) groups is 1. The molecule has 0 atom stereocenters. The van der Waals surface area contributed by atoms with E-state index in [1.54, 1.807) is 0 Å². The molecule has 40 heavy (non-hydrogen) atoms. The van der Waals surface area contributed by atoms with Crippen molar-refractivity contribution in [3.8, 4) is 22.4 Å². The molecule has 202 valence electrons. The number of aromatic nitrogens is 1. The molecule has 2 aliphatic rings. The molecular formula is C32H31N5O3. The lowest BCUT2D eigenvalue weighted by Crippen LogP contribution is -2.30. The van der Waals surface area contributed by atoms with Crippen molar-refractivity contribution in [3.05, 3.63) is 84.1 Å². The second-order valence-corrected chi connectivity index (χ2v) is 9.97. The fourth-order valence-corrected chi connectivity index (χ4v) is 5.02. The Morgan fingerprint density at radius 1 is 0.750 bits per heavy atom. The maximum absolute atomic E-state index is 9.00. The highest BCUT2D eigenvalue weighted by Gasteiger charge is 2.14. The Kier molecular flexibility index (Phi) is 7.06. The van der Waals surface area contributed by atoms with Crippen LogP contribution in [-0.2, 0) is 4.79 Å². The Morgan fingerprint density at radius 2 is 1.38 bits per heavy atom. The number of aromatic amines is 1. The Morgan fingerprint density at radius 3 is 2.08 bits per heavy atom. The van der Waals surface area contributed by atoms with Crippen molar-refractivity contribution in [2.24, 2.45) is 9.98 Å². The molecule has 0 radical (unpaired) electrons. The number of furan rings is 1. The number of carboxylic acid groups (broad SMARTS) is 1. The number of aliphatic carboxylic acids is 1. The second kappa shape index (κ2) is 11.1. The first-order valence-electron chi connectivity index (χ1n) is 13.6. The average Bonchev–Trinajstić information content (AvgIpc) is 3.62. The molecule has 0 unspecified atom stereocenters. The molecule has 4 N–H and O–H groups in total. The van der Waals surface area contributed by atoms with E-state index in [0.29, 0.717) is 0 Å². The van der Waals surface area contributed by atoms with Gasteiger partial charge in [0.1, 0.15) is 11.4 Å². The summed E-state index contributed by atoms with van der Waals surface area (Å²) >= 11 is 0.